The molecule has 2 unspecified atom stereocenters. The molecule has 1 nitrogen and oxygen atoms in total. The minimum Gasteiger partial charge on any atom is -0.385 e. The van der Waals surface area contributed by atoms with Crippen LogP contribution in [-0.4, -0.2) is 5.11 Å². The first-order valence-corrected chi connectivity index (χ1v) is 5.72. The van der Waals surface area contributed by atoms with Crippen LogP contribution >= 0.6 is 0 Å². The van der Waals surface area contributed by atoms with Crippen molar-refractivity contribution in [3.63, 3.8) is 0 Å². The Kier molecular flexibility index (Phi) is 2.98. The van der Waals surface area contributed by atoms with E-state index in [0.29, 0.717) is 6.42 Å². The molecule has 2 atom stereocenters. The van der Waals surface area contributed by atoms with E-state index in [4.69, 9.17) is 0 Å². The Hall–Kier alpha value is -0.960. The van der Waals surface area contributed by atoms with Gasteiger partial charge in [-0.1, -0.05) is 19.8 Å². The topological polar surface area (TPSA) is 20.2 Å². The largest absolute Gasteiger partial charge is 0.385 e. The highest BCUT2D eigenvalue weighted by atomic mass is 19.1. The Morgan fingerprint density at radius 2 is 2.06 bits per heavy atom. The second kappa shape index (κ2) is 4.13. The smallest absolute Gasteiger partial charge is 0.129 e. The summed E-state index contributed by atoms with van der Waals surface area (Å²) in [6, 6.07) is 3.29. The third kappa shape index (κ3) is 1.84. The van der Waals surface area contributed by atoms with Crippen molar-refractivity contribution in [3.05, 3.63) is 35.4 Å². The van der Waals surface area contributed by atoms with E-state index >= 15 is 0 Å². The summed E-state index contributed by atoms with van der Waals surface area (Å²) in [6.07, 6.45) is 3.26. The third-order valence-corrected chi connectivity index (χ3v) is 3.66. The zero-order valence-electron chi connectivity index (χ0n) is 9.34. The van der Waals surface area contributed by atoms with E-state index in [1.165, 1.54) is 0 Å². The molecule has 1 aromatic rings. The van der Waals surface area contributed by atoms with Crippen molar-refractivity contribution in [2.75, 3.05) is 0 Å². The van der Waals surface area contributed by atoms with Crippen molar-refractivity contribution in [1.82, 2.24) is 0 Å². The SMILES string of the molecule is CC1CCCCC1(O)c1cc(F)ccc1F. The van der Waals surface area contributed by atoms with Gasteiger partial charge in [0, 0.05) is 5.56 Å². The predicted molar refractivity (Wildman–Crippen MR) is 57.9 cm³/mol. The maximum absolute atomic E-state index is 13.6. The van der Waals surface area contributed by atoms with Crippen LogP contribution < -0.4 is 0 Å². The zero-order chi connectivity index (χ0) is 11.8. The molecule has 1 aliphatic carbocycles. The Bertz CT molecular complexity index is 392. The van der Waals surface area contributed by atoms with Crippen LogP contribution in [0.4, 0.5) is 8.78 Å². The first-order valence-electron chi connectivity index (χ1n) is 5.72. The fourth-order valence-corrected chi connectivity index (χ4v) is 2.56. The molecular weight excluding hydrogens is 210 g/mol. The summed E-state index contributed by atoms with van der Waals surface area (Å²) in [5, 5.41) is 10.5. The van der Waals surface area contributed by atoms with E-state index in [-0.39, 0.29) is 11.5 Å². The summed E-state index contributed by atoms with van der Waals surface area (Å²) in [5.41, 5.74) is -1.09. The van der Waals surface area contributed by atoms with Gasteiger partial charge >= 0.3 is 0 Å². The molecule has 1 N–H and O–H groups in total. The highest BCUT2D eigenvalue weighted by molar-refractivity contribution is 5.26. The molecule has 88 valence electrons. The quantitative estimate of drug-likeness (QED) is 0.778. The fraction of sp³-hybridized carbons (Fsp3) is 0.538. The molecule has 3 heteroatoms. The first kappa shape index (κ1) is 11.5. The highest BCUT2D eigenvalue weighted by Crippen LogP contribution is 2.42. The van der Waals surface area contributed by atoms with Crippen molar-refractivity contribution in [1.29, 1.82) is 0 Å². The summed E-state index contributed by atoms with van der Waals surface area (Å²) >= 11 is 0. The van der Waals surface area contributed by atoms with Gasteiger partial charge in [0.2, 0.25) is 0 Å². The predicted octanol–water partition coefficient (Wildman–Crippen LogP) is 3.36. The zero-order valence-corrected chi connectivity index (χ0v) is 9.34. The summed E-state index contributed by atoms with van der Waals surface area (Å²) in [7, 11) is 0. The molecule has 0 bridgehead atoms. The van der Waals surface area contributed by atoms with Gasteiger partial charge in [-0.15, -0.1) is 0 Å². The number of rotatable bonds is 1. The van der Waals surface area contributed by atoms with Crippen LogP contribution in [-0.2, 0) is 5.60 Å². The van der Waals surface area contributed by atoms with Crippen molar-refractivity contribution < 1.29 is 13.9 Å². The van der Waals surface area contributed by atoms with Gasteiger partial charge < -0.3 is 5.11 Å². The van der Waals surface area contributed by atoms with E-state index in [2.05, 4.69) is 0 Å². The Labute approximate surface area is 94.1 Å². The lowest BCUT2D eigenvalue weighted by molar-refractivity contribution is -0.0498. The van der Waals surface area contributed by atoms with Crippen LogP contribution in [0.5, 0.6) is 0 Å². The lowest BCUT2D eigenvalue weighted by Gasteiger charge is -2.38. The maximum Gasteiger partial charge on any atom is 0.129 e. The van der Waals surface area contributed by atoms with Crippen molar-refractivity contribution in [3.8, 4) is 0 Å². The number of hydrogen-bond acceptors (Lipinski definition) is 1. The lowest BCUT2D eigenvalue weighted by atomic mass is 9.72. The standard InChI is InChI=1S/C13H16F2O/c1-9-4-2-3-7-13(9,16)11-8-10(14)5-6-12(11)15/h5-6,8-9,16H,2-4,7H2,1H3. The number of halogens is 2. The van der Waals surface area contributed by atoms with Crippen LogP contribution in [0.1, 0.15) is 38.2 Å². The highest BCUT2D eigenvalue weighted by Gasteiger charge is 2.39. The number of aliphatic hydroxyl groups is 1. The van der Waals surface area contributed by atoms with Gasteiger partial charge in [0.25, 0.3) is 0 Å². The molecule has 1 saturated carbocycles. The first-order chi connectivity index (χ1) is 7.54. The van der Waals surface area contributed by atoms with E-state index in [1.54, 1.807) is 0 Å². The molecular formula is C13H16F2O. The molecule has 1 aliphatic rings. The normalized spacial score (nSPS) is 30.4. The molecule has 0 amide bonds. The monoisotopic (exact) mass is 226 g/mol. The Morgan fingerprint density at radius 3 is 2.75 bits per heavy atom. The van der Waals surface area contributed by atoms with Crippen LogP contribution in [0.25, 0.3) is 0 Å². The van der Waals surface area contributed by atoms with Gasteiger partial charge in [-0.05, 0) is 37.0 Å². The van der Waals surface area contributed by atoms with Crippen molar-refractivity contribution >= 4 is 0 Å². The van der Waals surface area contributed by atoms with Crippen molar-refractivity contribution in [2.45, 2.75) is 38.2 Å². The third-order valence-electron chi connectivity index (χ3n) is 3.66. The summed E-state index contributed by atoms with van der Waals surface area (Å²) in [5.74, 6) is -1.04. The number of benzene rings is 1. The molecule has 1 aromatic carbocycles. The molecule has 1 fully saturated rings. The van der Waals surface area contributed by atoms with Gasteiger partial charge in [0.15, 0.2) is 0 Å². The summed E-state index contributed by atoms with van der Waals surface area (Å²) < 4.78 is 26.8. The van der Waals surface area contributed by atoms with E-state index in [0.717, 1.165) is 37.5 Å². The van der Waals surface area contributed by atoms with Gasteiger partial charge in [-0.25, -0.2) is 8.78 Å². The van der Waals surface area contributed by atoms with Gasteiger partial charge in [0.05, 0.1) is 5.60 Å². The average molecular weight is 226 g/mol. The molecule has 0 saturated heterocycles. The second-order valence-corrected chi connectivity index (χ2v) is 4.70. The molecule has 2 rings (SSSR count). The summed E-state index contributed by atoms with van der Waals surface area (Å²) in [6.45, 7) is 1.89. The summed E-state index contributed by atoms with van der Waals surface area (Å²) in [4.78, 5) is 0. The van der Waals surface area contributed by atoms with Crippen LogP contribution in [0, 0.1) is 17.6 Å². The lowest BCUT2D eigenvalue weighted by Crippen LogP contribution is -2.37. The molecule has 0 radical (unpaired) electrons. The Morgan fingerprint density at radius 1 is 1.31 bits per heavy atom. The van der Waals surface area contributed by atoms with Gasteiger partial charge in [-0.2, -0.15) is 0 Å². The fourth-order valence-electron chi connectivity index (χ4n) is 2.56. The molecule has 0 heterocycles. The van der Waals surface area contributed by atoms with Crippen LogP contribution in [0.3, 0.4) is 0 Å². The minimum absolute atomic E-state index is 0.0300. The molecule has 0 spiro atoms. The average Bonchev–Trinajstić information content (AvgIpc) is 2.26. The van der Waals surface area contributed by atoms with E-state index in [1.807, 2.05) is 6.92 Å². The second-order valence-electron chi connectivity index (χ2n) is 4.70. The molecule has 0 aromatic heterocycles. The van der Waals surface area contributed by atoms with Gasteiger partial charge in [-0.3, -0.25) is 0 Å². The maximum atomic E-state index is 13.6. The van der Waals surface area contributed by atoms with Crippen molar-refractivity contribution in [2.24, 2.45) is 5.92 Å². The van der Waals surface area contributed by atoms with E-state index in [9.17, 15) is 13.9 Å². The molecule has 0 aliphatic heterocycles. The number of hydrogen-bond donors (Lipinski definition) is 1. The van der Waals surface area contributed by atoms with Crippen LogP contribution in [0.15, 0.2) is 18.2 Å². The minimum atomic E-state index is -1.20. The molecule has 16 heavy (non-hydrogen) atoms. The Balaban J connectivity index is 2.44. The van der Waals surface area contributed by atoms with Gasteiger partial charge in [0.1, 0.15) is 11.6 Å². The van der Waals surface area contributed by atoms with E-state index < -0.39 is 17.2 Å². The van der Waals surface area contributed by atoms with Crippen LogP contribution in [0.2, 0.25) is 0 Å².